The topological polar surface area (TPSA) is 43.1 Å². The van der Waals surface area contributed by atoms with Crippen LogP contribution in [-0.4, -0.2) is 10.3 Å². The number of aryl methyl sites for hydroxylation is 1. The molecule has 0 saturated carbocycles. The van der Waals surface area contributed by atoms with Crippen LogP contribution in [0.15, 0.2) is 18.2 Å². The number of nitro groups is 1. The van der Waals surface area contributed by atoms with Crippen LogP contribution in [0.25, 0.3) is 0 Å². The third-order valence-corrected chi connectivity index (χ3v) is 1.85. The number of hydrogen-bond acceptors (Lipinski definition) is 2. The van der Waals surface area contributed by atoms with Crippen LogP contribution in [-0.2, 0) is 0 Å². The van der Waals surface area contributed by atoms with Gasteiger partial charge < -0.3 is 0 Å². The molecule has 0 aliphatic carbocycles. The van der Waals surface area contributed by atoms with Crippen LogP contribution in [0, 0.1) is 28.9 Å². The highest BCUT2D eigenvalue weighted by molar-refractivity contribution is 9.09. The predicted molar refractivity (Wildman–Crippen MR) is 58.5 cm³/mol. The van der Waals surface area contributed by atoms with Crippen molar-refractivity contribution in [1.29, 1.82) is 0 Å². The molecule has 0 radical (unpaired) electrons. The molecule has 0 saturated heterocycles. The zero-order chi connectivity index (χ0) is 10.6. The van der Waals surface area contributed by atoms with Gasteiger partial charge in [0.2, 0.25) is 0 Å². The highest BCUT2D eigenvalue weighted by atomic mass is 79.9. The molecule has 0 aromatic heterocycles. The minimum Gasteiger partial charge on any atom is -0.258 e. The SMILES string of the molecule is Cc1cc(C#CCBr)cc([N+](=O)[O-])c1. The zero-order valence-electron chi connectivity index (χ0n) is 7.58. The van der Waals surface area contributed by atoms with E-state index in [4.69, 9.17) is 0 Å². The highest BCUT2D eigenvalue weighted by Crippen LogP contribution is 2.15. The van der Waals surface area contributed by atoms with Gasteiger partial charge in [0.25, 0.3) is 5.69 Å². The van der Waals surface area contributed by atoms with Crippen molar-refractivity contribution in [2.24, 2.45) is 0 Å². The largest absolute Gasteiger partial charge is 0.270 e. The van der Waals surface area contributed by atoms with Crippen molar-refractivity contribution in [1.82, 2.24) is 0 Å². The van der Waals surface area contributed by atoms with Gasteiger partial charge in [-0.3, -0.25) is 10.1 Å². The molecule has 0 amide bonds. The van der Waals surface area contributed by atoms with Gasteiger partial charge in [0, 0.05) is 17.7 Å². The summed E-state index contributed by atoms with van der Waals surface area (Å²) in [5.74, 6) is 5.63. The molecular formula is C10H8BrNO2. The first-order valence-electron chi connectivity index (χ1n) is 3.94. The quantitative estimate of drug-likeness (QED) is 0.334. The summed E-state index contributed by atoms with van der Waals surface area (Å²) in [6.45, 7) is 1.81. The van der Waals surface area contributed by atoms with Gasteiger partial charge in [-0.05, 0) is 18.6 Å². The molecule has 72 valence electrons. The van der Waals surface area contributed by atoms with E-state index in [2.05, 4.69) is 27.8 Å². The summed E-state index contributed by atoms with van der Waals surface area (Å²) in [6.07, 6.45) is 0. The fraction of sp³-hybridized carbons (Fsp3) is 0.200. The van der Waals surface area contributed by atoms with Crippen LogP contribution in [0.2, 0.25) is 0 Å². The smallest absolute Gasteiger partial charge is 0.258 e. The first-order valence-corrected chi connectivity index (χ1v) is 5.06. The van der Waals surface area contributed by atoms with E-state index in [1.54, 1.807) is 0 Å². The molecule has 0 heterocycles. The van der Waals surface area contributed by atoms with Crippen molar-refractivity contribution < 1.29 is 4.92 Å². The first-order chi connectivity index (χ1) is 6.63. The first kappa shape index (κ1) is 10.7. The summed E-state index contributed by atoms with van der Waals surface area (Å²) in [6, 6.07) is 4.82. The number of halogens is 1. The van der Waals surface area contributed by atoms with Gasteiger partial charge in [0.05, 0.1) is 10.3 Å². The summed E-state index contributed by atoms with van der Waals surface area (Å²) in [5, 5.41) is 11.1. The van der Waals surface area contributed by atoms with Gasteiger partial charge in [0.15, 0.2) is 0 Å². The number of nitro benzene ring substituents is 1. The molecule has 0 atom stereocenters. The molecule has 0 bridgehead atoms. The maximum atomic E-state index is 10.5. The van der Waals surface area contributed by atoms with Gasteiger partial charge in [-0.15, -0.1) is 0 Å². The van der Waals surface area contributed by atoms with E-state index in [0.29, 0.717) is 10.9 Å². The van der Waals surface area contributed by atoms with Gasteiger partial charge >= 0.3 is 0 Å². The number of non-ortho nitro benzene ring substituents is 1. The monoisotopic (exact) mass is 253 g/mol. The van der Waals surface area contributed by atoms with Gasteiger partial charge in [0.1, 0.15) is 0 Å². The van der Waals surface area contributed by atoms with Crippen molar-refractivity contribution >= 4 is 21.6 Å². The van der Waals surface area contributed by atoms with E-state index >= 15 is 0 Å². The van der Waals surface area contributed by atoms with Crippen molar-refractivity contribution in [2.45, 2.75) is 6.92 Å². The van der Waals surface area contributed by atoms with E-state index in [1.807, 2.05) is 13.0 Å². The molecular weight excluding hydrogens is 246 g/mol. The third-order valence-electron chi connectivity index (χ3n) is 1.57. The lowest BCUT2D eigenvalue weighted by Crippen LogP contribution is -1.90. The number of rotatable bonds is 1. The van der Waals surface area contributed by atoms with Crippen molar-refractivity contribution in [2.75, 3.05) is 5.33 Å². The molecule has 0 aliphatic rings. The molecule has 0 fully saturated rings. The van der Waals surface area contributed by atoms with E-state index in [-0.39, 0.29) is 5.69 Å². The Kier molecular flexibility index (Phi) is 3.66. The fourth-order valence-electron chi connectivity index (χ4n) is 1.08. The average molecular weight is 254 g/mol. The third kappa shape index (κ3) is 2.86. The van der Waals surface area contributed by atoms with E-state index in [0.717, 1.165) is 5.56 Å². The molecule has 0 aliphatic heterocycles. The van der Waals surface area contributed by atoms with Crippen LogP contribution in [0.4, 0.5) is 5.69 Å². The van der Waals surface area contributed by atoms with E-state index in [1.165, 1.54) is 12.1 Å². The molecule has 1 rings (SSSR count). The number of nitrogens with zero attached hydrogens (tertiary/aromatic N) is 1. The molecule has 4 heteroatoms. The molecule has 1 aromatic rings. The van der Waals surface area contributed by atoms with Crippen LogP contribution in [0.5, 0.6) is 0 Å². The Hall–Kier alpha value is -1.34. The van der Waals surface area contributed by atoms with Gasteiger partial charge in [-0.1, -0.05) is 27.8 Å². The molecule has 0 N–H and O–H groups in total. The van der Waals surface area contributed by atoms with Crippen LogP contribution in [0.3, 0.4) is 0 Å². The average Bonchev–Trinajstić information content (AvgIpc) is 2.14. The number of hydrogen-bond donors (Lipinski definition) is 0. The second-order valence-electron chi connectivity index (χ2n) is 2.75. The molecule has 0 spiro atoms. The molecule has 3 nitrogen and oxygen atoms in total. The molecule has 0 unspecified atom stereocenters. The highest BCUT2D eigenvalue weighted by Gasteiger charge is 2.06. The Morgan fingerprint density at radius 1 is 1.50 bits per heavy atom. The van der Waals surface area contributed by atoms with Crippen LogP contribution < -0.4 is 0 Å². The Balaban J connectivity index is 3.13. The lowest BCUT2D eigenvalue weighted by atomic mass is 10.1. The summed E-state index contributed by atoms with van der Waals surface area (Å²) in [4.78, 5) is 10.1. The molecule has 14 heavy (non-hydrogen) atoms. The van der Waals surface area contributed by atoms with Gasteiger partial charge in [-0.25, -0.2) is 0 Å². The summed E-state index contributed by atoms with van der Waals surface area (Å²) < 4.78 is 0. The number of alkyl halides is 1. The number of benzene rings is 1. The summed E-state index contributed by atoms with van der Waals surface area (Å²) in [5.41, 5.74) is 1.61. The van der Waals surface area contributed by atoms with Crippen molar-refractivity contribution in [3.05, 3.63) is 39.4 Å². The Morgan fingerprint density at radius 2 is 2.21 bits per heavy atom. The normalized spacial score (nSPS) is 9.00. The second-order valence-corrected chi connectivity index (χ2v) is 3.31. The minimum atomic E-state index is -0.410. The predicted octanol–water partition coefficient (Wildman–Crippen LogP) is 2.65. The minimum absolute atomic E-state index is 0.0869. The maximum absolute atomic E-state index is 10.5. The Morgan fingerprint density at radius 3 is 2.79 bits per heavy atom. The Bertz CT molecular complexity index is 418. The lowest BCUT2D eigenvalue weighted by Gasteiger charge is -1.95. The zero-order valence-corrected chi connectivity index (χ0v) is 9.17. The Labute approximate surface area is 90.4 Å². The van der Waals surface area contributed by atoms with Crippen molar-refractivity contribution in [3.63, 3.8) is 0 Å². The standard InChI is InChI=1S/C10H8BrNO2/c1-8-5-9(3-2-4-11)7-10(6-8)12(13)14/h5-7H,4H2,1H3. The van der Waals surface area contributed by atoms with Gasteiger partial charge in [-0.2, -0.15) is 0 Å². The van der Waals surface area contributed by atoms with Crippen molar-refractivity contribution in [3.8, 4) is 11.8 Å². The molecule has 1 aromatic carbocycles. The van der Waals surface area contributed by atoms with E-state index < -0.39 is 4.92 Å². The second kappa shape index (κ2) is 4.77. The summed E-state index contributed by atoms with van der Waals surface area (Å²) >= 11 is 3.17. The van der Waals surface area contributed by atoms with Crippen LogP contribution in [0.1, 0.15) is 11.1 Å². The fourth-order valence-corrected chi connectivity index (χ4v) is 1.22. The van der Waals surface area contributed by atoms with E-state index in [9.17, 15) is 10.1 Å². The van der Waals surface area contributed by atoms with Crippen LogP contribution >= 0.6 is 15.9 Å². The summed E-state index contributed by atoms with van der Waals surface area (Å²) in [7, 11) is 0. The maximum Gasteiger partial charge on any atom is 0.270 e. The lowest BCUT2D eigenvalue weighted by molar-refractivity contribution is -0.384.